The molecule has 0 radical (unpaired) electrons. The third-order valence-corrected chi connectivity index (χ3v) is 4.49. The number of hydrogen-bond acceptors (Lipinski definition) is 10. The van der Waals surface area contributed by atoms with Gasteiger partial charge in [-0.2, -0.15) is 5.10 Å². The van der Waals surface area contributed by atoms with Gasteiger partial charge in [0.2, 0.25) is 16.0 Å². The lowest BCUT2D eigenvalue weighted by molar-refractivity contribution is 0.0991. The quantitative estimate of drug-likeness (QED) is 0.466. The largest absolute Gasteiger partial charge is 0.488 e. The summed E-state index contributed by atoms with van der Waals surface area (Å²) in [6.45, 7) is 3.06. The molecule has 3 N–H and O–H groups in total. The van der Waals surface area contributed by atoms with Gasteiger partial charge in [-0.1, -0.05) is 11.3 Å². The minimum atomic E-state index is -0.757. The van der Waals surface area contributed by atoms with Gasteiger partial charge < -0.3 is 19.8 Å². The molecule has 148 valence electrons. The Morgan fingerprint density at radius 1 is 1.36 bits per heavy atom. The van der Waals surface area contributed by atoms with Crippen molar-refractivity contribution in [1.29, 1.82) is 0 Å². The molecule has 1 amide bonds. The number of ether oxygens (including phenoxy) is 1. The summed E-state index contributed by atoms with van der Waals surface area (Å²) in [4.78, 5) is 24.6. The van der Waals surface area contributed by atoms with Gasteiger partial charge in [-0.15, -0.1) is 10.2 Å². The van der Waals surface area contributed by atoms with Crippen LogP contribution in [0.15, 0.2) is 27.5 Å². The maximum absolute atomic E-state index is 12.5. The van der Waals surface area contributed by atoms with Crippen molar-refractivity contribution in [2.75, 3.05) is 37.9 Å². The molecule has 3 heterocycles. The number of nitrogens with one attached hydrogen (secondary N) is 3. The second-order valence-corrected chi connectivity index (χ2v) is 6.56. The van der Waals surface area contributed by atoms with Crippen molar-refractivity contribution in [2.24, 2.45) is 0 Å². The van der Waals surface area contributed by atoms with Crippen molar-refractivity contribution in [3.63, 3.8) is 0 Å². The van der Waals surface area contributed by atoms with Crippen LogP contribution in [0.2, 0.25) is 0 Å². The van der Waals surface area contributed by atoms with E-state index in [1.54, 1.807) is 17.9 Å². The maximum Gasteiger partial charge on any atom is 0.381 e. The normalized spacial score (nSPS) is 10.7. The zero-order valence-corrected chi connectivity index (χ0v) is 16.3. The van der Waals surface area contributed by atoms with Gasteiger partial charge >= 0.3 is 5.63 Å². The highest BCUT2D eigenvalue weighted by Crippen LogP contribution is 2.23. The first kappa shape index (κ1) is 19.5. The van der Waals surface area contributed by atoms with E-state index in [0.717, 1.165) is 17.0 Å². The molecule has 0 fully saturated rings. The van der Waals surface area contributed by atoms with Crippen LogP contribution >= 0.6 is 11.3 Å². The van der Waals surface area contributed by atoms with Crippen LogP contribution < -0.4 is 26.3 Å². The Morgan fingerprint density at radius 2 is 2.18 bits per heavy atom. The van der Waals surface area contributed by atoms with Gasteiger partial charge in [0.05, 0.1) is 12.8 Å². The van der Waals surface area contributed by atoms with E-state index in [-0.39, 0.29) is 16.6 Å². The monoisotopic (exact) mass is 405 g/mol. The third-order valence-electron chi connectivity index (χ3n) is 3.67. The number of likely N-dealkylation sites (N-methyl/N-ethyl adjacent to an activating group) is 1. The molecule has 3 rings (SSSR count). The van der Waals surface area contributed by atoms with Gasteiger partial charge in [0.15, 0.2) is 5.76 Å². The molecule has 0 aliphatic carbocycles. The molecule has 0 bridgehead atoms. The number of anilines is 2. The number of aromatic nitrogens is 4. The summed E-state index contributed by atoms with van der Waals surface area (Å²) in [5.74, 6) is -0.805. The molecule has 0 spiro atoms. The van der Waals surface area contributed by atoms with Crippen molar-refractivity contribution in [1.82, 2.24) is 25.3 Å². The van der Waals surface area contributed by atoms with Crippen molar-refractivity contribution < 1.29 is 13.9 Å². The summed E-state index contributed by atoms with van der Waals surface area (Å²) in [6.07, 6.45) is 1.64. The van der Waals surface area contributed by atoms with E-state index >= 15 is 0 Å². The summed E-state index contributed by atoms with van der Waals surface area (Å²) >= 11 is 1.14. The van der Waals surface area contributed by atoms with E-state index in [9.17, 15) is 9.59 Å². The molecule has 28 heavy (non-hydrogen) atoms. The fourth-order valence-electron chi connectivity index (χ4n) is 2.32. The van der Waals surface area contributed by atoms with E-state index in [4.69, 9.17) is 9.15 Å². The minimum absolute atomic E-state index is 0.0000111. The van der Waals surface area contributed by atoms with Crippen LogP contribution in [0.1, 0.15) is 16.2 Å². The van der Waals surface area contributed by atoms with Crippen LogP contribution in [-0.4, -0.2) is 53.1 Å². The molecule has 0 unspecified atom stereocenters. The lowest BCUT2D eigenvalue weighted by Gasteiger charge is -2.10. The van der Waals surface area contributed by atoms with E-state index in [1.165, 1.54) is 13.2 Å². The number of amides is 1. The van der Waals surface area contributed by atoms with Crippen LogP contribution in [0.3, 0.4) is 0 Å². The topological polar surface area (TPSA) is 136 Å². The lowest BCUT2D eigenvalue weighted by atomic mass is 10.3. The molecule has 0 saturated carbocycles. The fourth-order valence-corrected chi connectivity index (χ4v) is 3.08. The number of nitrogens with zero attached hydrogens (tertiary/aromatic N) is 4. The van der Waals surface area contributed by atoms with Crippen LogP contribution in [0.4, 0.5) is 10.8 Å². The number of rotatable bonds is 8. The Morgan fingerprint density at radius 3 is 2.86 bits per heavy atom. The Kier molecular flexibility index (Phi) is 6.01. The van der Waals surface area contributed by atoms with Crippen molar-refractivity contribution >= 4 is 28.1 Å². The zero-order valence-electron chi connectivity index (χ0n) is 15.5. The third kappa shape index (κ3) is 4.18. The van der Waals surface area contributed by atoms with Crippen LogP contribution in [0.5, 0.6) is 5.75 Å². The van der Waals surface area contributed by atoms with Gasteiger partial charge in [-0.3, -0.25) is 10.1 Å². The number of aryl methyl sites for hydroxylation is 1. The predicted molar refractivity (Wildman–Crippen MR) is 104 cm³/mol. The highest BCUT2D eigenvalue weighted by Gasteiger charge is 2.19. The molecule has 0 atom stereocenters. The fraction of sp³-hybridized carbons (Fsp3) is 0.312. The summed E-state index contributed by atoms with van der Waals surface area (Å²) in [6, 6.07) is 3.24. The highest BCUT2D eigenvalue weighted by molar-refractivity contribution is 7.17. The van der Waals surface area contributed by atoms with Gasteiger partial charge in [0.1, 0.15) is 0 Å². The Labute approximate surface area is 163 Å². The maximum atomic E-state index is 12.5. The molecule has 0 aromatic carbocycles. The van der Waals surface area contributed by atoms with Crippen molar-refractivity contribution in [3.8, 4) is 10.9 Å². The van der Waals surface area contributed by atoms with Crippen molar-refractivity contribution in [3.05, 3.63) is 40.2 Å². The predicted octanol–water partition coefficient (Wildman–Crippen LogP) is 0.878. The lowest BCUT2D eigenvalue weighted by Crippen LogP contribution is -2.21. The Hall–Kier alpha value is -3.25. The molecule has 3 aromatic rings. The molecule has 0 aliphatic heterocycles. The second-order valence-electron chi connectivity index (χ2n) is 5.60. The van der Waals surface area contributed by atoms with Crippen LogP contribution in [0, 0.1) is 6.92 Å². The average Bonchev–Trinajstić information content (AvgIpc) is 3.30. The zero-order chi connectivity index (χ0) is 20.1. The SMILES string of the molecule is CNCCNc1cc(C(=O)Nc2nnc(-n3nccc3C)s2)oc(=O)c1OC. The molecule has 11 nitrogen and oxygen atoms in total. The number of carbonyl (C=O) groups is 1. The Balaban J connectivity index is 1.80. The molecule has 3 aromatic heterocycles. The second kappa shape index (κ2) is 8.63. The smallest absolute Gasteiger partial charge is 0.381 e. The van der Waals surface area contributed by atoms with Crippen LogP contribution in [-0.2, 0) is 0 Å². The molecular formula is C16H19N7O4S. The number of carbonyl (C=O) groups excluding carboxylic acids is 1. The summed E-state index contributed by atoms with van der Waals surface area (Å²) < 4.78 is 11.7. The van der Waals surface area contributed by atoms with Gasteiger partial charge in [0.25, 0.3) is 5.91 Å². The van der Waals surface area contributed by atoms with E-state index in [0.29, 0.717) is 23.9 Å². The Bertz CT molecular complexity index is 1030. The first-order valence-corrected chi connectivity index (χ1v) is 9.11. The van der Waals surface area contributed by atoms with Gasteiger partial charge in [-0.25, -0.2) is 9.48 Å². The van der Waals surface area contributed by atoms with E-state index < -0.39 is 11.5 Å². The summed E-state index contributed by atoms with van der Waals surface area (Å²) in [5.41, 5.74) is 0.490. The van der Waals surface area contributed by atoms with Gasteiger partial charge in [0, 0.05) is 31.0 Å². The minimum Gasteiger partial charge on any atom is -0.488 e. The molecule has 12 heteroatoms. The molecule has 0 aliphatic rings. The summed E-state index contributed by atoms with van der Waals surface area (Å²) in [5, 5.41) is 21.4. The molecule has 0 saturated heterocycles. The first-order valence-electron chi connectivity index (χ1n) is 8.30. The summed E-state index contributed by atoms with van der Waals surface area (Å²) in [7, 11) is 3.16. The molecular weight excluding hydrogens is 386 g/mol. The van der Waals surface area contributed by atoms with E-state index in [1.807, 2.05) is 13.0 Å². The number of hydrogen-bond donors (Lipinski definition) is 3. The average molecular weight is 405 g/mol. The first-order chi connectivity index (χ1) is 13.5. The van der Waals surface area contributed by atoms with E-state index in [2.05, 4.69) is 31.2 Å². The van der Waals surface area contributed by atoms with Crippen LogP contribution in [0.25, 0.3) is 5.13 Å². The van der Waals surface area contributed by atoms with Crippen molar-refractivity contribution in [2.45, 2.75) is 6.92 Å². The number of methoxy groups -OCH3 is 1. The standard InChI is InChI=1S/C16H19N7O4S/c1-9-4-5-19-23(9)16-22-21-15(28-16)20-13(24)11-8-10(18-7-6-17-2)12(26-3)14(25)27-11/h4-5,8,17-18H,6-7H2,1-3H3,(H,20,21,24). The highest BCUT2D eigenvalue weighted by atomic mass is 32.1. The van der Waals surface area contributed by atoms with Gasteiger partial charge in [-0.05, 0) is 20.0 Å².